The summed E-state index contributed by atoms with van der Waals surface area (Å²) in [5, 5.41) is 7.11. The first kappa shape index (κ1) is 102. The van der Waals surface area contributed by atoms with E-state index >= 15 is 0 Å². The molecule has 29 heteroatoms. The molecule has 0 bridgehead atoms. The van der Waals surface area contributed by atoms with Gasteiger partial charge in [-0.3, -0.25) is 57.5 Å². The van der Waals surface area contributed by atoms with Gasteiger partial charge in [0.05, 0.1) is 49.3 Å². The van der Waals surface area contributed by atoms with E-state index in [2.05, 4.69) is 0 Å². The van der Waals surface area contributed by atoms with Gasteiger partial charge in [0.2, 0.25) is 0 Å². The summed E-state index contributed by atoms with van der Waals surface area (Å²) in [7, 11) is 8.05. The number of thioether (sulfide) groups is 6. The van der Waals surface area contributed by atoms with Crippen LogP contribution in [0.25, 0.3) is 0 Å². The first-order valence-electron chi connectivity index (χ1n) is 34.5. The third kappa shape index (κ3) is 42.4. The molecule has 0 aliphatic heterocycles. The van der Waals surface area contributed by atoms with Gasteiger partial charge in [-0.25, -0.2) is 8.78 Å². The van der Waals surface area contributed by atoms with E-state index in [0.717, 1.165) is 33.4 Å². The Kier molecular flexibility index (Phi) is 52.8. The van der Waals surface area contributed by atoms with Crippen LogP contribution in [0.4, 0.5) is 8.78 Å². The summed E-state index contributed by atoms with van der Waals surface area (Å²) in [6.07, 6.45) is 2.58. The summed E-state index contributed by atoms with van der Waals surface area (Å²) in [4.78, 5) is 136. The van der Waals surface area contributed by atoms with Crippen LogP contribution in [0.2, 0.25) is 10.0 Å². The fourth-order valence-electron chi connectivity index (χ4n) is 8.84. The molecule has 6 rings (SSSR count). The quantitative estimate of drug-likeness (QED) is 0.0280. The minimum Gasteiger partial charge on any atom is -0.468 e. The number of aliphatic hydroxyl groups is 1. The van der Waals surface area contributed by atoms with E-state index in [-0.39, 0.29) is 75.5 Å². The number of benzene rings is 6. The highest BCUT2D eigenvalue weighted by Gasteiger charge is 2.28. The molecule has 0 heterocycles. The molecular formula is C82H100Cl2F2O19S6. The lowest BCUT2D eigenvalue weighted by Gasteiger charge is -2.16. The zero-order valence-corrected chi connectivity index (χ0v) is 71.5. The fourth-order valence-corrected chi connectivity index (χ4v) is 16.8. The maximum absolute atomic E-state index is 13.1. The topological polar surface area (TPSA) is 280 Å². The zero-order valence-electron chi connectivity index (χ0n) is 65.1. The summed E-state index contributed by atoms with van der Waals surface area (Å²) in [6.45, 7) is 15.2. The van der Waals surface area contributed by atoms with Gasteiger partial charge in [0.1, 0.15) is 77.8 Å². The summed E-state index contributed by atoms with van der Waals surface area (Å²) >= 11 is 20.2. The summed E-state index contributed by atoms with van der Waals surface area (Å²) < 4.78 is 54.6. The van der Waals surface area contributed by atoms with E-state index in [1.54, 1.807) is 80.6 Å². The molecule has 111 heavy (non-hydrogen) atoms. The minimum absolute atomic E-state index is 0.0271. The molecule has 6 aromatic carbocycles. The van der Waals surface area contributed by atoms with E-state index in [0.29, 0.717) is 99.8 Å². The SMILES string of the molecule is COC(=O)C(SCCC(C)=O)c1ccc(C)c(C)c1.COC(=O)C(SCCC(C)=O)c1ccc(C)cc1.COC(=O)C(SCCC(C)=O)c1ccc(CO)cc1.COC(=O)C(SCCC(C)=O)c1ccc(Cl)cc1Cl.COC(=O)C(SCCC(C)=O)c1ccc(F)cc1.COC(=O)C(SCCC(C)=O)c1cccc(F)c1. The summed E-state index contributed by atoms with van der Waals surface area (Å²) in [6, 6.07) is 37.4. The Morgan fingerprint density at radius 3 is 0.946 bits per heavy atom. The van der Waals surface area contributed by atoms with Crippen LogP contribution < -0.4 is 0 Å². The Labute approximate surface area is 686 Å². The number of aryl methyl sites for hydroxylation is 3. The Hall–Kier alpha value is -7.34. The van der Waals surface area contributed by atoms with Crippen molar-refractivity contribution in [1.29, 1.82) is 0 Å². The van der Waals surface area contributed by atoms with Crippen molar-refractivity contribution < 1.29 is 99.8 Å². The maximum atomic E-state index is 13.1. The van der Waals surface area contributed by atoms with E-state index < -0.39 is 44.7 Å². The van der Waals surface area contributed by atoms with Crippen molar-refractivity contribution in [2.75, 3.05) is 77.2 Å². The first-order valence-corrected chi connectivity index (χ1v) is 41.6. The van der Waals surface area contributed by atoms with Crippen molar-refractivity contribution in [2.24, 2.45) is 0 Å². The zero-order chi connectivity index (χ0) is 83.7. The number of carbonyl (C=O) groups excluding carboxylic acids is 12. The van der Waals surface area contributed by atoms with Crippen LogP contribution >= 0.6 is 93.8 Å². The number of halogens is 4. The number of aliphatic hydroxyl groups excluding tert-OH is 1. The lowest BCUT2D eigenvalue weighted by molar-refractivity contribution is -0.141. The normalized spacial score (nSPS) is 12.0. The van der Waals surface area contributed by atoms with Gasteiger partial charge in [-0.15, -0.1) is 70.6 Å². The number of ketones is 6. The summed E-state index contributed by atoms with van der Waals surface area (Å²) in [5.41, 5.74) is 8.83. The maximum Gasteiger partial charge on any atom is 0.323 e. The number of rotatable bonds is 37. The molecule has 6 unspecified atom stereocenters. The number of methoxy groups -OCH3 is 6. The van der Waals surface area contributed by atoms with Crippen molar-refractivity contribution in [3.63, 3.8) is 0 Å². The first-order chi connectivity index (χ1) is 52.6. The van der Waals surface area contributed by atoms with Crippen LogP contribution in [0, 0.1) is 32.4 Å². The second kappa shape index (κ2) is 57.6. The molecule has 0 saturated carbocycles. The van der Waals surface area contributed by atoms with Crippen LogP contribution in [-0.4, -0.2) is 153 Å². The average molecular weight is 1690 g/mol. The highest BCUT2D eigenvalue weighted by molar-refractivity contribution is 8.01. The minimum atomic E-state index is -0.593. The average Bonchev–Trinajstić information content (AvgIpc) is 0.866. The van der Waals surface area contributed by atoms with Crippen molar-refractivity contribution >= 4 is 164 Å². The third-order valence-electron chi connectivity index (χ3n) is 15.2. The van der Waals surface area contributed by atoms with Gasteiger partial charge in [-0.05, 0) is 149 Å². The number of hydrogen-bond donors (Lipinski definition) is 1. The molecule has 0 radical (unpaired) electrons. The van der Waals surface area contributed by atoms with Crippen LogP contribution in [0.15, 0.2) is 133 Å². The molecule has 0 amide bonds. The van der Waals surface area contributed by atoms with Gasteiger partial charge in [-0.2, -0.15) is 0 Å². The van der Waals surface area contributed by atoms with Gasteiger partial charge < -0.3 is 33.5 Å². The molecule has 1 N–H and O–H groups in total. The van der Waals surface area contributed by atoms with Crippen molar-refractivity contribution in [2.45, 2.75) is 139 Å². The van der Waals surface area contributed by atoms with Gasteiger partial charge in [0.25, 0.3) is 0 Å². The van der Waals surface area contributed by atoms with E-state index in [1.807, 2.05) is 63.2 Å². The van der Waals surface area contributed by atoms with Crippen LogP contribution in [0.3, 0.4) is 0 Å². The van der Waals surface area contributed by atoms with Crippen molar-refractivity contribution in [3.8, 4) is 0 Å². The smallest absolute Gasteiger partial charge is 0.323 e. The number of Topliss-reactive ketones (excluding diaryl/α,β-unsaturated/α-hetero) is 6. The highest BCUT2D eigenvalue weighted by atomic mass is 35.5. The molecule has 19 nitrogen and oxygen atoms in total. The monoisotopic (exact) mass is 1690 g/mol. The standard InChI is InChI=1S/C15H20O3S.C14H18O4S.C14H18O3S.C13H14Cl2O3S.2C13H15FO3S/c1-10-5-6-13(9-11(10)2)14(15(17)18-4)19-8-7-12(3)16;1-10(16)7-8-19-13(14(17)18-2)12-5-3-11(9-15)4-6-12;1-10-4-6-12(7-5-10)13(14(16)17-3)18-9-8-11(2)15;1-8(16)5-6-19-12(13(17)18-2)10-4-3-9(14)7-11(10)15;1-9(15)7-8-18-12(13(16)17-2)10-3-5-11(14)6-4-10;1-9(15)6-7-18-12(13(16)17-2)10-4-3-5-11(14)8-10/h5-6,9,14H,7-8H2,1-4H3;3-6,13,15H,7-9H2,1-2H3;4-7,13H,8-9H2,1-3H3;3-4,7,12H,5-6H2,1-2H3;3-6,12H,7-8H2,1-2H3;3-5,8,12H,6-7H2,1-2H3. The van der Waals surface area contributed by atoms with Crippen LogP contribution in [0.1, 0.15) is 167 Å². The molecule has 0 aliphatic rings. The number of carbonyl (C=O) groups is 12. The molecule has 6 aromatic rings. The molecule has 0 aromatic heterocycles. The van der Waals surface area contributed by atoms with Gasteiger partial charge in [0, 0.05) is 83.1 Å². The van der Waals surface area contributed by atoms with Gasteiger partial charge in [0.15, 0.2) is 0 Å². The molecule has 606 valence electrons. The predicted octanol–water partition coefficient (Wildman–Crippen LogP) is 17.7. The molecule has 0 spiro atoms. The Morgan fingerprint density at radius 2 is 0.640 bits per heavy atom. The van der Waals surface area contributed by atoms with E-state index in [9.17, 15) is 66.3 Å². The second-order valence-corrected chi connectivity index (χ2v) is 32.4. The van der Waals surface area contributed by atoms with Crippen molar-refractivity contribution in [3.05, 3.63) is 211 Å². The number of hydrogen-bond acceptors (Lipinski definition) is 25. The predicted molar refractivity (Wildman–Crippen MR) is 444 cm³/mol. The Morgan fingerprint density at radius 1 is 0.342 bits per heavy atom. The third-order valence-corrected chi connectivity index (χ3v) is 23.1. The summed E-state index contributed by atoms with van der Waals surface area (Å²) in [5.74, 6) is 1.17. The number of esters is 6. The lowest BCUT2D eigenvalue weighted by Crippen LogP contribution is -2.12. The van der Waals surface area contributed by atoms with Crippen LogP contribution in [-0.2, 0) is 92.6 Å². The van der Waals surface area contributed by atoms with Gasteiger partial charge >= 0.3 is 35.8 Å². The van der Waals surface area contributed by atoms with Crippen molar-refractivity contribution in [1.82, 2.24) is 0 Å². The Balaban J connectivity index is 0.000000666. The molecule has 6 atom stereocenters. The van der Waals surface area contributed by atoms with Gasteiger partial charge in [-0.1, -0.05) is 126 Å². The second-order valence-electron chi connectivity index (χ2n) is 24.3. The Bertz CT molecular complexity index is 3860. The highest BCUT2D eigenvalue weighted by Crippen LogP contribution is 2.38. The van der Waals surface area contributed by atoms with Crippen LogP contribution in [0.5, 0.6) is 0 Å². The molecule has 0 saturated heterocycles. The lowest BCUT2D eigenvalue weighted by atomic mass is 10.0. The number of ether oxygens (including phenoxy) is 6. The molecule has 0 fully saturated rings. The molecule has 0 aliphatic carbocycles. The molecular weight excluding hydrogens is 1590 g/mol. The largest absolute Gasteiger partial charge is 0.468 e. The van der Waals surface area contributed by atoms with E-state index in [4.69, 9.17) is 56.7 Å². The fraction of sp³-hybridized carbons (Fsp3) is 0.415. The van der Waals surface area contributed by atoms with E-state index in [1.165, 1.54) is 171 Å².